The molecule has 2 aromatic rings. The Morgan fingerprint density at radius 3 is 2.74 bits per heavy atom. The molecule has 1 heterocycles. The van der Waals surface area contributed by atoms with Crippen LogP contribution in [0.4, 0.5) is 10.1 Å². The average Bonchev–Trinajstić information content (AvgIpc) is 3.24. The summed E-state index contributed by atoms with van der Waals surface area (Å²) < 4.78 is 15.4. The number of carbonyl (C=O) groups is 2. The predicted octanol–water partition coefficient (Wildman–Crippen LogP) is 1.44. The Kier molecular flexibility index (Phi) is 3.85. The second-order valence-electron chi connectivity index (χ2n) is 5.62. The molecule has 23 heavy (non-hydrogen) atoms. The van der Waals surface area contributed by atoms with E-state index >= 15 is 0 Å². The van der Waals surface area contributed by atoms with Crippen LogP contribution in [0.15, 0.2) is 36.7 Å². The summed E-state index contributed by atoms with van der Waals surface area (Å²) in [4.78, 5) is 23.8. The summed E-state index contributed by atoms with van der Waals surface area (Å²) >= 11 is 0. The van der Waals surface area contributed by atoms with Crippen LogP contribution in [0.25, 0.3) is 0 Å². The Bertz CT molecular complexity index is 752. The second-order valence-corrected chi connectivity index (χ2v) is 5.62. The fourth-order valence-electron chi connectivity index (χ4n) is 2.58. The van der Waals surface area contributed by atoms with E-state index in [-0.39, 0.29) is 24.2 Å². The highest BCUT2D eigenvalue weighted by atomic mass is 19.1. The number of amides is 2. The maximum atomic E-state index is 14.0. The molecule has 0 bridgehead atoms. The highest BCUT2D eigenvalue weighted by Crippen LogP contribution is 2.49. The second kappa shape index (κ2) is 5.83. The zero-order valence-corrected chi connectivity index (χ0v) is 12.7. The molecule has 1 saturated carbocycles. The Labute approximate surface area is 132 Å². The number of benzene rings is 1. The Balaban J connectivity index is 1.73. The van der Waals surface area contributed by atoms with Crippen molar-refractivity contribution in [2.75, 3.05) is 12.4 Å². The van der Waals surface area contributed by atoms with E-state index in [2.05, 4.69) is 15.7 Å². The van der Waals surface area contributed by atoms with Crippen molar-refractivity contribution in [3.05, 3.63) is 48.0 Å². The number of hydrogen-bond acceptors (Lipinski definition) is 3. The van der Waals surface area contributed by atoms with Crippen molar-refractivity contribution in [2.45, 2.75) is 24.8 Å². The summed E-state index contributed by atoms with van der Waals surface area (Å²) in [6.45, 7) is 0.0742. The normalized spacial score (nSPS) is 15.0. The molecule has 120 valence electrons. The van der Waals surface area contributed by atoms with E-state index in [9.17, 15) is 14.0 Å². The van der Waals surface area contributed by atoms with Crippen LogP contribution in [0, 0.1) is 5.82 Å². The molecule has 0 spiro atoms. The molecule has 0 atom stereocenters. The van der Waals surface area contributed by atoms with Crippen LogP contribution in [-0.4, -0.2) is 28.6 Å². The lowest BCUT2D eigenvalue weighted by Gasteiger charge is -2.15. The fourth-order valence-corrected chi connectivity index (χ4v) is 2.58. The number of rotatable bonds is 5. The predicted molar refractivity (Wildman–Crippen MR) is 82.2 cm³/mol. The molecular formula is C16H17FN4O2. The quantitative estimate of drug-likeness (QED) is 0.876. The van der Waals surface area contributed by atoms with E-state index in [1.165, 1.54) is 16.9 Å². The van der Waals surface area contributed by atoms with Crippen LogP contribution in [0.5, 0.6) is 0 Å². The summed E-state index contributed by atoms with van der Waals surface area (Å²) in [5.74, 6) is -0.798. The standard InChI is InChI=1S/C16H17FN4O2/c1-18-14(22)10-21-9-11(8-19-21)20-15(23)16(6-7-16)12-4-2-3-5-13(12)17/h2-5,8-9H,6-7,10H2,1H3,(H,18,22)(H,20,23). The third-order valence-electron chi connectivity index (χ3n) is 4.05. The van der Waals surface area contributed by atoms with Crippen molar-refractivity contribution in [1.82, 2.24) is 15.1 Å². The lowest BCUT2D eigenvalue weighted by atomic mass is 9.94. The molecular weight excluding hydrogens is 299 g/mol. The van der Waals surface area contributed by atoms with Crippen LogP contribution in [0.1, 0.15) is 18.4 Å². The lowest BCUT2D eigenvalue weighted by molar-refractivity contribution is -0.121. The SMILES string of the molecule is CNC(=O)Cn1cc(NC(=O)C2(c3ccccc3F)CC2)cn1. The van der Waals surface area contributed by atoms with Crippen LogP contribution in [0.3, 0.4) is 0 Å². The average molecular weight is 316 g/mol. The van der Waals surface area contributed by atoms with E-state index in [1.54, 1.807) is 31.4 Å². The molecule has 1 aliphatic carbocycles. The van der Waals surface area contributed by atoms with Crippen LogP contribution in [0.2, 0.25) is 0 Å². The number of likely N-dealkylation sites (N-methyl/N-ethyl adjacent to an activating group) is 1. The van der Waals surface area contributed by atoms with E-state index in [0.29, 0.717) is 24.1 Å². The molecule has 0 radical (unpaired) electrons. The Morgan fingerprint density at radius 2 is 2.09 bits per heavy atom. The number of anilines is 1. The molecule has 0 saturated heterocycles. The molecule has 0 aliphatic heterocycles. The van der Waals surface area contributed by atoms with Gasteiger partial charge in [0.1, 0.15) is 12.4 Å². The number of hydrogen-bond donors (Lipinski definition) is 2. The van der Waals surface area contributed by atoms with Crippen LogP contribution in [-0.2, 0) is 21.5 Å². The molecule has 2 amide bonds. The summed E-state index contributed by atoms with van der Waals surface area (Å²) in [6.07, 6.45) is 4.28. The van der Waals surface area contributed by atoms with Crippen molar-refractivity contribution in [3.8, 4) is 0 Å². The third-order valence-corrected chi connectivity index (χ3v) is 4.05. The number of nitrogens with zero attached hydrogens (tertiary/aromatic N) is 2. The van der Waals surface area contributed by atoms with Gasteiger partial charge in [0.15, 0.2) is 0 Å². The summed E-state index contributed by atoms with van der Waals surface area (Å²) in [5, 5.41) is 9.28. The molecule has 1 aromatic carbocycles. The van der Waals surface area contributed by atoms with E-state index in [0.717, 1.165) is 0 Å². The van der Waals surface area contributed by atoms with E-state index in [1.807, 2.05) is 0 Å². The first-order valence-corrected chi connectivity index (χ1v) is 7.35. The summed E-state index contributed by atoms with van der Waals surface area (Å²) in [6, 6.07) is 6.35. The first-order valence-electron chi connectivity index (χ1n) is 7.35. The van der Waals surface area contributed by atoms with Gasteiger partial charge in [-0.15, -0.1) is 0 Å². The van der Waals surface area contributed by atoms with Gasteiger partial charge in [-0.2, -0.15) is 5.10 Å². The molecule has 1 aliphatic rings. The molecule has 3 rings (SSSR count). The molecule has 2 N–H and O–H groups in total. The monoisotopic (exact) mass is 316 g/mol. The largest absolute Gasteiger partial charge is 0.358 e. The first-order chi connectivity index (χ1) is 11.0. The van der Waals surface area contributed by atoms with Gasteiger partial charge in [0.25, 0.3) is 0 Å². The van der Waals surface area contributed by atoms with Crippen molar-refractivity contribution in [2.24, 2.45) is 0 Å². The number of halogens is 1. The third kappa shape index (κ3) is 2.94. The van der Waals surface area contributed by atoms with Gasteiger partial charge in [0.2, 0.25) is 11.8 Å². The Morgan fingerprint density at radius 1 is 1.35 bits per heavy atom. The van der Waals surface area contributed by atoms with Gasteiger partial charge < -0.3 is 10.6 Å². The lowest BCUT2D eigenvalue weighted by Crippen LogP contribution is -2.28. The van der Waals surface area contributed by atoms with Gasteiger partial charge >= 0.3 is 0 Å². The van der Waals surface area contributed by atoms with Gasteiger partial charge in [-0.3, -0.25) is 14.3 Å². The maximum absolute atomic E-state index is 14.0. The van der Waals surface area contributed by atoms with Crippen molar-refractivity contribution in [1.29, 1.82) is 0 Å². The number of aromatic nitrogens is 2. The van der Waals surface area contributed by atoms with Crippen LogP contribution < -0.4 is 10.6 Å². The molecule has 1 aromatic heterocycles. The van der Waals surface area contributed by atoms with E-state index < -0.39 is 5.41 Å². The first kappa shape index (κ1) is 15.2. The minimum atomic E-state index is -0.797. The van der Waals surface area contributed by atoms with Crippen molar-refractivity contribution >= 4 is 17.5 Å². The van der Waals surface area contributed by atoms with Crippen molar-refractivity contribution < 1.29 is 14.0 Å². The van der Waals surface area contributed by atoms with Gasteiger partial charge in [0.05, 0.1) is 17.3 Å². The van der Waals surface area contributed by atoms with Gasteiger partial charge in [-0.05, 0) is 18.9 Å². The van der Waals surface area contributed by atoms with Gasteiger partial charge in [-0.1, -0.05) is 18.2 Å². The van der Waals surface area contributed by atoms with Gasteiger partial charge in [-0.25, -0.2) is 4.39 Å². The minimum Gasteiger partial charge on any atom is -0.358 e. The van der Waals surface area contributed by atoms with Gasteiger partial charge in [0, 0.05) is 18.8 Å². The highest BCUT2D eigenvalue weighted by Gasteiger charge is 2.52. The number of nitrogens with one attached hydrogen (secondary N) is 2. The minimum absolute atomic E-state index is 0.0742. The molecule has 6 nitrogen and oxygen atoms in total. The smallest absolute Gasteiger partial charge is 0.241 e. The highest BCUT2D eigenvalue weighted by molar-refractivity contribution is 6.01. The maximum Gasteiger partial charge on any atom is 0.241 e. The van der Waals surface area contributed by atoms with Crippen molar-refractivity contribution in [3.63, 3.8) is 0 Å². The zero-order valence-electron chi connectivity index (χ0n) is 12.7. The molecule has 1 fully saturated rings. The molecule has 0 unspecified atom stereocenters. The van der Waals surface area contributed by atoms with Crippen LogP contribution >= 0.6 is 0 Å². The zero-order chi connectivity index (χ0) is 16.4. The molecule has 7 heteroatoms. The topological polar surface area (TPSA) is 76.0 Å². The summed E-state index contributed by atoms with van der Waals surface area (Å²) in [5.41, 5.74) is 0.116. The van der Waals surface area contributed by atoms with E-state index in [4.69, 9.17) is 0 Å². The summed E-state index contributed by atoms with van der Waals surface area (Å²) in [7, 11) is 1.54. The number of carbonyl (C=O) groups excluding carboxylic acids is 2. The Hall–Kier alpha value is -2.70. The fraction of sp³-hybridized carbons (Fsp3) is 0.312.